The highest BCUT2D eigenvalue weighted by Crippen LogP contribution is 2.63. The topological polar surface area (TPSA) is 81.4 Å². The number of aromatic nitrogens is 3. The number of amides is 1. The molecular formula is C23H31N5O2S2. The molecule has 3 atom stereocenters. The number of carbonyl (C=O) groups excluding carboxylic acids is 1. The lowest BCUT2D eigenvalue weighted by atomic mass is 9.70. The molecular weight excluding hydrogens is 442 g/mol. The number of ether oxygens (including phenoxy) is 1. The van der Waals surface area contributed by atoms with Crippen molar-refractivity contribution in [2.45, 2.75) is 70.7 Å². The first-order valence-electron chi connectivity index (χ1n) is 11.5. The van der Waals surface area contributed by atoms with Crippen LogP contribution in [0.5, 0.6) is 0 Å². The lowest BCUT2D eigenvalue weighted by Crippen LogP contribution is -2.34. The van der Waals surface area contributed by atoms with E-state index < -0.39 is 0 Å². The third kappa shape index (κ3) is 3.82. The van der Waals surface area contributed by atoms with Gasteiger partial charge >= 0.3 is 0 Å². The van der Waals surface area contributed by atoms with Crippen molar-refractivity contribution >= 4 is 34.7 Å². The summed E-state index contributed by atoms with van der Waals surface area (Å²) in [6.07, 6.45) is 5.72. The van der Waals surface area contributed by atoms with Crippen LogP contribution in [0.4, 0.5) is 0 Å². The zero-order valence-electron chi connectivity index (χ0n) is 19.0. The van der Waals surface area contributed by atoms with Crippen LogP contribution in [0.1, 0.15) is 52.9 Å². The number of hydrazone groups is 1. The van der Waals surface area contributed by atoms with Crippen LogP contribution in [0.15, 0.2) is 27.8 Å². The first-order valence-corrected chi connectivity index (χ1v) is 13.3. The second kappa shape index (κ2) is 8.57. The summed E-state index contributed by atoms with van der Waals surface area (Å²) in [5.74, 6) is 1.67. The number of nitrogens with one attached hydrogen (secondary N) is 1. The maximum absolute atomic E-state index is 12.6. The van der Waals surface area contributed by atoms with Gasteiger partial charge in [-0.25, -0.2) is 5.43 Å². The minimum Gasteiger partial charge on any atom is -0.376 e. The van der Waals surface area contributed by atoms with Crippen molar-refractivity contribution in [3.63, 3.8) is 0 Å². The number of hydrogen-bond donors (Lipinski definition) is 1. The zero-order chi connectivity index (χ0) is 22.3. The van der Waals surface area contributed by atoms with Gasteiger partial charge in [0.05, 0.1) is 23.3 Å². The molecule has 9 heteroatoms. The summed E-state index contributed by atoms with van der Waals surface area (Å²) in [7, 11) is 0. The third-order valence-electron chi connectivity index (χ3n) is 8.03. The highest BCUT2D eigenvalue weighted by molar-refractivity contribution is 7.99. The standard InChI is InChI=1S/C23H31N5O2S2/c1-22(2)15-8-9-23(22,3)18(12-15)24-25-19(29)14-32-21-27-26-20(17-7-5-11-31-17)28(21)13-16-6-4-10-30-16/h5,7,11,15-16H,4,6,8-10,12-14H2,1-3H3,(H,25,29)/b24-18-. The van der Waals surface area contributed by atoms with Crippen LogP contribution in [-0.4, -0.2) is 44.8 Å². The Bertz CT molecular complexity index is 1010. The van der Waals surface area contributed by atoms with E-state index in [1.54, 1.807) is 11.3 Å². The molecule has 2 saturated carbocycles. The Labute approximate surface area is 197 Å². The van der Waals surface area contributed by atoms with E-state index in [0.717, 1.165) is 53.9 Å². The highest BCUT2D eigenvalue weighted by atomic mass is 32.2. The van der Waals surface area contributed by atoms with E-state index in [4.69, 9.17) is 4.74 Å². The predicted octanol–water partition coefficient (Wildman–Crippen LogP) is 4.60. The number of thioether (sulfide) groups is 1. The summed E-state index contributed by atoms with van der Waals surface area (Å²) in [5, 5.41) is 16.2. The Kier molecular flexibility index (Phi) is 5.92. The molecule has 2 aliphatic carbocycles. The van der Waals surface area contributed by atoms with Crippen LogP contribution in [0.3, 0.4) is 0 Å². The maximum Gasteiger partial charge on any atom is 0.250 e. The van der Waals surface area contributed by atoms with Crippen molar-refractivity contribution < 1.29 is 9.53 Å². The summed E-state index contributed by atoms with van der Waals surface area (Å²) >= 11 is 3.05. The number of carbonyl (C=O) groups is 1. The van der Waals surface area contributed by atoms with Crippen LogP contribution in [-0.2, 0) is 16.1 Å². The smallest absolute Gasteiger partial charge is 0.250 e. The van der Waals surface area contributed by atoms with Crippen molar-refractivity contribution in [2.24, 2.45) is 21.8 Å². The molecule has 3 heterocycles. The maximum atomic E-state index is 12.6. The second-order valence-corrected chi connectivity index (χ2v) is 11.8. The molecule has 0 radical (unpaired) electrons. The van der Waals surface area contributed by atoms with Crippen molar-refractivity contribution in [3.05, 3.63) is 17.5 Å². The molecule has 0 aromatic carbocycles. The van der Waals surface area contributed by atoms with Crippen molar-refractivity contribution in [2.75, 3.05) is 12.4 Å². The summed E-state index contributed by atoms with van der Waals surface area (Å²) in [6.45, 7) is 8.51. The zero-order valence-corrected chi connectivity index (χ0v) is 20.6. The molecule has 1 amide bonds. The van der Waals surface area contributed by atoms with Crippen LogP contribution < -0.4 is 5.43 Å². The SMILES string of the molecule is CC12CCC(C/C1=N/NC(=O)CSc1nnc(-c3cccs3)n1CC1CCCO1)C2(C)C. The molecule has 7 nitrogen and oxygen atoms in total. The quantitative estimate of drug-likeness (QED) is 0.470. The largest absolute Gasteiger partial charge is 0.376 e. The van der Waals surface area contributed by atoms with E-state index in [1.165, 1.54) is 18.2 Å². The van der Waals surface area contributed by atoms with Gasteiger partial charge in [-0.2, -0.15) is 5.10 Å². The minimum atomic E-state index is -0.101. The number of thiophene rings is 1. The molecule has 32 heavy (non-hydrogen) atoms. The lowest BCUT2D eigenvalue weighted by molar-refractivity contribution is -0.118. The molecule has 1 N–H and O–H groups in total. The molecule has 2 aromatic heterocycles. The first-order chi connectivity index (χ1) is 15.4. The summed E-state index contributed by atoms with van der Waals surface area (Å²) in [5.41, 5.74) is 4.31. The summed E-state index contributed by atoms with van der Waals surface area (Å²) in [6, 6.07) is 4.07. The lowest BCUT2D eigenvalue weighted by Gasteiger charge is -2.34. The molecule has 3 aliphatic rings. The van der Waals surface area contributed by atoms with E-state index in [-0.39, 0.29) is 28.6 Å². The van der Waals surface area contributed by atoms with Gasteiger partial charge in [-0.15, -0.1) is 21.5 Å². The van der Waals surface area contributed by atoms with E-state index in [9.17, 15) is 4.79 Å². The fourth-order valence-corrected chi connectivity index (χ4v) is 6.99. The molecule has 3 fully saturated rings. The van der Waals surface area contributed by atoms with E-state index in [1.807, 2.05) is 11.4 Å². The monoisotopic (exact) mass is 473 g/mol. The van der Waals surface area contributed by atoms with E-state index >= 15 is 0 Å². The molecule has 172 valence electrons. The number of nitrogens with zero attached hydrogens (tertiary/aromatic N) is 4. The van der Waals surface area contributed by atoms with Crippen LogP contribution in [0.2, 0.25) is 0 Å². The van der Waals surface area contributed by atoms with Gasteiger partial charge in [-0.1, -0.05) is 38.6 Å². The van der Waals surface area contributed by atoms with Crippen molar-refractivity contribution in [1.29, 1.82) is 0 Å². The second-order valence-electron chi connectivity index (χ2n) is 9.90. The van der Waals surface area contributed by atoms with Crippen molar-refractivity contribution in [1.82, 2.24) is 20.2 Å². The first kappa shape index (κ1) is 22.1. The summed E-state index contributed by atoms with van der Waals surface area (Å²) < 4.78 is 7.95. The Balaban J connectivity index is 1.25. The normalized spacial score (nSPS) is 29.8. The molecule has 2 bridgehead atoms. The highest BCUT2D eigenvalue weighted by Gasteiger charge is 2.60. The number of hydrogen-bond acceptors (Lipinski definition) is 7. The van der Waals surface area contributed by atoms with Gasteiger partial charge in [-0.3, -0.25) is 9.36 Å². The molecule has 2 aromatic rings. The van der Waals surface area contributed by atoms with E-state index in [2.05, 4.69) is 52.1 Å². The number of rotatable bonds is 7. The Morgan fingerprint density at radius 3 is 2.91 bits per heavy atom. The van der Waals surface area contributed by atoms with Gasteiger partial charge in [0.25, 0.3) is 5.91 Å². The predicted molar refractivity (Wildman–Crippen MR) is 128 cm³/mol. The molecule has 5 rings (SSSR count). The third-order valence-corrected chi connectivity index (χ3v) is 9.86. The summed E-state index contributed by atoms with van der Waals surface area (Å²) in [4.78, 5) is 13.7. The average molecular weight is 474 g/mol. The molecule has 1 aliphatic heterocycles. The Morgan fingerprint density at radius 2 is 2.25 bits per heavy atom. The Morgan fingerprint density at radius 1 is 1.38 bits per heavy atom. The van der Waals surface area contributed by atoms with Crippen LogP contribution in [0.25, 0.3) is 10.7 Å². The van der Waals surface area contributed by atoms with Crippen LogP contribution >= 0.6 is 23.1 Å². The molecule has 3 unspecified atom stereocenters. The van der Waals surface area contributed by atoms with Gasteiger partial charge in [0.2, 0.25) is 0 Å². The van der Waals surface area contributed by atoms with Crippen molar-refractivity contribution in [3.8, 4) is 10.7 Å². The minimum absolute atomic E-state index is 0.0924. The number of fused-ring (bicyclic) bond motifs is 2. The van der Waals surface area contributed by atoms with Gasteiger partial charge in [0, 0.05) is 17.7 Å². The van der Waals surface area contributed by atoms with Gasteiger partial charge < -0.3 is 4.74 Å². The van der Waals surface area contributed by atoms with E-state index in [0.29, 0.717) is 12.5 Å². The van der Waals surface area contributed by atoms with Gasteiger partial charge in [0.1, 0.15) is 0 Å². The van der Waals surface area contributed by atoms with Gasteiger partial charge in [0.15, 0.2) is 11.0 Å². The molecule has 1 saturated heterocycles. The fraction of sp³-hybridized carbons (Fsp3) is 0.652. The average Bonchev–Trinajstić information content (AvgIpc) is 3.57. The van der Waals surface area contributed by atoms with Crippen LogP contribution in [0, 0.1) is 16.7 Å². The van der Waals surface area contributed by atoms with Gasteiger partial charge in [-0.05, 0) is 54.9 Å². The fourth-order valence-electron chi connectivity index (χ4n) is 5.53. The molecule has 0 spiro atoms. The Hall–Kier alpha value is -1.71.